The maximum absolute atomic E-state index is 13.2. The molecule has 0 bridgehead atoms. The van der Waals surface area contributed by atoms with Crippen LogP contribution >= 0.6 is 23.4 Å². The van der Waals surface area contributed by atoms with E-state index in [0.717, 1.165) is 11.3 Å². The molecule has 0 aliphatic carbocycles. The number of benzene rings is 2. The Labute approximate surface area is 103 Å². The molecule has 0 nitrogen and oxygen atoms in total. The summed E-state index contributed by atoms with van der Waals surface area (Å²) in [7, 11) is 0. The number of hydrogen-bond acceptors (Lipinski definition) is 1. The van der Waals surface area contributed by atoms with Crippen LogP contribution in [0.1, 0.15) is 5.56 Å². The molecule has 0 saturated heterocycles. The molecule has 16 heavy (non-hydrogen) atoms. The Balaban J connectivity index is 2.03. The molecular formula is C13H10ClFS. The van der Waals surface area contributed by atoms with Crippen LogP contribution in [0.3, 0.4) is 0 Å². The minimum Gasteiger partial charge on any atom is -0.205 e. The van der Waals surface area contributed by atoms with E-state index in [-0.39, 0.29) is 10.8 Å². The summed E-state index contributed by atoms with van der Waals surface area (Å²) in [4.78, 5) is 1.18. The Hall–Kier alpha value is -0.990. The van der Waals surface area contributed by atoms with E-state index in [1.54, 1.807) is 17.8 Å². The lowest BCUT2D eigenvalue weighted by atomic mass is 10.2. The molecule has 82 valence electrons. The Morgan fingerprint density at radius 2 is 1.81 bits per heavy atom. The van der Waals surface area contributed by atoms with E-state index in [1.165, 1.54) is 11.0 Å². The highest BCUT2D eigenvalue weighted by atomic mass is 35.5. The van der Waals surface area contributed by atoms with Crippen LogP contribution in [0.15, 0.2) is 53.4 Å². The van der Waals surface area contributed by atoms with Gasteiger partial charge in [-0.1, -0.05) is 35.9 Å². The van der Waals surface area contributed by atoms with Crippen molar-refractivity contribution < 1.29 is 4.39 Å². The third kappa shape index (κ3) is 3.00. The van der Waals surface area contributed by atoms with Crippen LogP contribution in [0, 0.1) is 5.82 Å². The van der Waals surface area contributed by atoms with Crippen LogP contribution < -0.4 is 0 Å². The smallest absolute Gasteiger partial charge is 0.142 e. The second-order valence-electron chi connectivity index (χ2n) is 3.35. The Kier molecular flexibility index (Phi) is 3.86. The topological polar surface area (TPSA) is 0 Å². The van der Waals surface area contributed by atoms with Gasteiger partial charge in [-0.3, -0.25) is 0 Å². The van der Waals surface area contributed by atoms with E-state index in [1.807, 2.05) is 36.4 Å². The van der Waals surface area contributed by atoms with Gasteiger partial charge in [0, 0.05) is 10.6 Å². The number of thioether (sulfide) groups is 1. The predicted octanol–water partition coefficient (Wildman–Crippen LogP) is 4.77. The fourth-order valence-electron chi connectivity index (χ4n) is 1.31. The summed E-state index contributed by atoms with van der Waals surface area (Å²) in [5, 5.41) is 0.175. The maximum Gasteiger partial charge on any atom is 0.142 e. The summed E-state index contributed by atoms with van der Waals surface area (Å²) in [6.45, 7) is 0. The first-order valence-electron chi connectivity index (χ1n) is 4.87. The van der Waals surface area contributed by atoms with Gasteiger partial charge in [0.2, 0.25) is 0 Å². The van der Waals surface area contributed by atoms with Gasteiger partial charge in [-0.15, -0.1) is 11.8 Å². The molecule has 3 heteroatoms. The van der Waals surface area contributed by atoms with Crippen LogP contribution in [-0.2, 0) is 5.75 Å². The van der Waals surface area contributed by atoms with Crippen molar-refractivity contribution in [3.8, 4) is 0 Å². The van der Waals surface area contributed by atoms with Gasteiger partial charge in [-0.2, -0.15) is 0 Å². The fraction of sp³-hybridized carbons (Fsp3) is 0.0769. The van der Waals surface area contributed by atoms with E-state index >= 15 is 0 Å². The van der Waals surface area contributed by atoms with Crippen molar-refractivity contribution in [1.29, 1.82) is 0 Å². The molecular weight excluding hydrogens is 243 g/mol. The van der Waals surface area contributed by atoms with Crippen LogP contribution in [-0.4, -0.2) is 0 Å². The summed E-state index contributed by atoms with van der Waals surface area (Å²) in [5.74, 6) is 0.394. The van der Waals surface area contributed by atoms with Gasteiger partial charge in [0.1, 0.15) is 5.82 Å². The monoisotopic (exact) mass is 252 g/mol. The van der Waals surface area contributed by atoms with Gasteiger partial charge in [0.25, 0.3) is 0 Å². The second kappa shape index (κ2) is 5.37. The van der Waals surface area contributed by atoms with Crippen molar-refractivity contribution in [3.05, 3.63) is 64.9 Å². The average Bonchev–Trinajstić information content (AvgIpc) is 2.32. The van der Waals surface area contributed by atoms with E-state index in [2.05, 4.69) is 0 Å². The van der Waals surface area contributed by atoms with Crippen LogP contribution in [0.5, 0.6) is 0 Å². The standard InChI is InChI=1S/C13H10ClFS/c14-12-7-6-10(8-13(12)15)9-16-11-4-2-1-3-5-11/h1-8H,9H2. The average molecular weight is 253 g/mol. The Morgan fingerprint density at radius 1 is 1.06 bits per heavy atom. The van der Waals surface area contributed by atoms with Crippen molar-refractivity contribution in [2.75, 3.05) is 0 Å². The molecule has 0 amide bonds. The molecule has 0 spiro atoms. The molecule has 0 radical (unpaired) electrons. The fourth-order valence-corrected chi connectivity index (χ4v) is 2.29. The molecule has 0 heterocycles. The summed E-state index contributed by atoms with van der Waals surface area (Å²) >= 11 is 7.29. The quantitative estimate of drug-likeness (QED) is 0.709. The molecule has 0 saturated carbocycles. The first-order chi connectivity index (χ1) is 7.75. The SMILES string of the molecule is Fc1cc(CSc2ccccc2)ccc1Cl. The molecule has 0 aliphatic heterocycles. The van der Waals surface area contributed by atoms with Gasteiger partial charge < -0.3 is 0 Å². The van der Waals surface area contributed by atoms with Crippen molar-refractivity contribution in [3.63, 3.8) is 0 Å². The van der Waals surface area contributed by atoms with Gasteiger partial charge in [0.05, 0.1) is 5.02 Å². The number of halogens is 2. The van der Waals surface area contributed by atoms with Crippen LogP contribution in [0.2, 0.25) is 5.02 Å². The van der Waals surface area contributed by atoms with E-state index in [9.17, 15) is 4.39 Å². The summed E-state index contributed by atoms with van der Waals surface area (Å²) in [6, 6.07) is 15.0. The molecule has 0 aromatic heterocycles. The van der Waals surface area contributed by atoms with Gasteiger partial charge in [-0.05, 0) is 29.8 Å². The Bertz CT molecular complexity index is 471. The zero-order chi connectivity index (χ0) is 11.4. The maximum atomic E-state index is 13.2. The Morgan fingerprint density at radius 3 is 2.50 bits per heavy atom. The lowest BCUT2D eigenvalue weighted by Crippen LogP contribution is -1.84. The summed E-state index contributed by atoms with van der Waals surface area (Å²) < 4.78 is 13.2. The van der Waals surface area contributed by atoms with Gasteiger partial charge in [-0.25, -0.2) is 4.39 Å². The van der Waals surface area contributed by atoms with Crippen LogP contribution in [0.4, 0.5) is 4.39 Å². The highest BCUT2D eigenvalue weighted by Gasteiger charge is 2.01. The van der Waals surface area contributed by atoms with Crippen molar-refractivity contribution in [2.24, 2.45) is 0 Å². The lowest BCUT2D eigenvalue weighted by Gasteiger charge is -2.02. The molecule has 2 aromatic rings. The third-order valence-electron chi connectivity index (χ3n) is 2.13. The molecule has 0 fully saturated rings. The molecule has 2 aromatic carbocycles. The molecule has 2 rings (SSSR count). The second-order valence-corrected chi connectivity index (χ2v) is 4.81. The predicted molar refractivity (Wildman–Crippen MR) is 67.4 cm³/mol. The highest BCUT2D eigenvalue weighted by Crippen LogP contribution is 2.24. The van der Waals surface area contributed by atoms with E-state index in [4.69, 9.17) is 11.6 Å². The van der Waals surface area contributed by atoms with Crippen molar-refractivity contribution >= 4 is 23.4 Å². The van der Waals surface area contributed by atoms with Crippen molar-refractivity contribution in [2.45, 2.75) is 10.6 Å². The number of hydrogen-bond donors (Lipinski definition) is 0. The molecule has 0 aliphatic rings. The van der Waals surface area contributed by atoms with Crippen molar-refractivity contribution in [1.82, 2.24) is 0 Å². The largest absolute Gasteiger partial charge is 0.205 e. The minimum absolute atomic E-state index is 0.175. The third-order valence-corrected chi connectivity index (χ3v) is 3.52. The normalized spacial score (nSPS) is 10.4. The molecule has 0 N–H and O–H groups in total. The zero-order valence-corrected chi connectivity index (χ0v) is 10.1. The summed E-state index contributed by atoms with van der Waals surface area (Å²) in [6.07, 6.45) is 0. The molecule has 0 unspecified atom stereocenters. The van der Waals surface area contributed by atoms with E-state index in [0.29, 0.717) is 0 Å². The highest BCUT2D eigenvalue weighted by molar-refractivity contribution is 7.98. The first-order valence-corrected chi connectivity index (χ1v) is 6.24. The number of rotatable bonds is 3. The van der Waals surface area contributed by atoms with Gasteiger partial charge >= 0.3 is 0 Å². The minimum atomic E-state index is -0.354. The van der Waals surface area contributed by atoms with Gasteiger partial charge in [0.15, 0.2) is 0 Å². The lowest BCUT2D eigenvalue weighted by molar-refractivity contribution is 0.627. The van der Waals surface area contributed by atoms with Crippen LogP contribution in [0.25, 0.3) is 0 Å². The zero-order valence-electron chi connectivity index (χ0n) is 8.49. The first kappa shape index (κ1) is 11.5. The molecule has 0 atom stereocenters. The van der Waals surface area contributed by atoms with E-state index < -0.39 is 0 Å². The summed E-state index contributed by atoms with van der Waals surface area (Å²) in [5.41, 5.74) is 0.941.